The highest BCUT2D eigenvalue weighted by atomic mass is 16.5. The SMILES string of the molecule is COc1cnn(C)c1C1CCCC(=O)C1. The van der Waals surface area contributed by atoms with E-state index in [0.29, 0.717) is 12.2 Å². The molecule has 1 fully saturated rings. The first-order valence-corrected chi connectivity index (χ1v) is 5.30. The van der Waals surface area contributed by atoms with Gasteiger partial charge in [0.25, 0.3) is 0 Å². The van der Waals surface area contributed by atoms with Crippen LogP contribution in [0.15, 0.2) is 6.20 Å². The molecule has 1 saturated carbocycles. The molecule has 4 heteroatoms. The standard InChI is InChI=1S/C11H16N2O2/c1-13-11(10(15-2)7-12-13)8-4-3-5-9(14)6-8/h7-8H,3-6H2,1-2H3. The van der Waals surface area contributed by atoms with Gasteiger partial charge < -0.3 is 4.74 Å². The smallest absolute Gasteiger partial charge is 0.160 e. The van der Waals surface area contributed by atoms with Crippen molar-refractivity contribution in [1.29, 1.82) is 0 Å². The molecule has 0 aromatic carbocycles. The van der Waals surface area contributed by atoms with E-state index in [9.17, 15) is 4.79 Å². The molecule has 1 aliphatic carbocycles. The maximum atomic E-state index is 11.4. The molecule has 0 spiro atoms. The van der Waals surface area contributed by atoms with Crippen molar-refractivity contribution < 1.29 is 9.53 Å². The number of hydrogen-bond donors (Lipinski definition) is 0. The van der Waals surface area contributed by atoms with Crippen LogP contribution in [0.25, 0.3) is 0 Å². The second kappa shape index (κ2) is 4.04. The first-order chi connectivity index (χ1) is 7.22. The Labute approximate surface area is 89.2 Å². The van der Waals surface area contributed by atoms with Crippen LogP contribution in [0.4, 0.5) is 0 Å². The lowest BCUT2D eigenvalue weighted by Gasteiger charge is -2.21. The van der Waals surface area contributed by atoms with Crippen LogP contribution in [-0.4, -0.2) is 22.7 Å². The van der Waals surface area contributed by atoms with Crippen LogP contribution >= 0.6 is 0 Å². The number of ether oxygens (including phenoxy) is 1. The van der Waals surface area contributed by atoms with E-state index < -0.39 is 0 Å². The molecule has 0 radical (unpaired) electrons. The topological polar surface area (TPSA) is 44.1 Å². The average Bonchev–Trinajstić information content (AvgIpc) is 2.59. The first-order valence-electron chi connectivity index (χ1n) is 5.30. The van der Waals surface area contributed by atoms with Gasteiger partial charge in [-0.15, -0.1) is 0 Å². The number of carbonyl (C=O) groups is 1. The summed E-state index contributed by atoms with van der Waals surface area (Å²) in [5, 5.41) is 4.17. The molecule has 15 heavy (non-hydrogen) atoms. The van der Waals surface area contributed by atoms with Gasteiger partial charge in [0.1, 0.15) is 5.78 Å². The van der Waals surface area contributed by atoms with Crippen LogP contribution in [-0.2, 0) is 11.8 Å². The molecule has 1 aliphatic rings. The minimum Gasteiger partial charge on any atom is -0.493 e. The molecule has 4 nitrogen and oxygen atoms in total. The summed E-state index contributed by atoms with van der Waals surface area (Å²) in [4.78, 5) is 11.4. The van der Waals surface area contributed by atoms with Gasteiger partial charge in [-0.3, -0.25) is 9.48 Å². The zero-order valence-electron chi connectivity index (χ0n) is 9.19. The fourth-order valence-corrected chi connectivity index (χ4v) is 2.31. The van der Waals surface area contributed by atoms with Gasteiger partial charge in [0.05, 0.1) is 19.0 Å². The summed E-state index contributed by atoms with van der Waals surface area (Å²) in [5.74, 6) is 1.44. The Morgan fingerprint density at radius 1 is 1.60 bits per heavy atom. The Morgan fingerprint density at radius 2 is 2.40 bits per heavy atom. The van der Waals surface area contributed by atoms with E-state index in [-0.39, 0.29) is 5.92 Å². The summed E-state index contributed by atoms with van der Waals surface area (Å²) in [6, 6.07) is 0. The number of methoxy groups -OCH3 is 1. The maximum Gasteiger partial charge on any atom is 0.160 e. The Hall–Kier alpha value is -1.32. The second-order valence-corrected chi connectivity index (χ2v) is 4.05. The van der Waals surface area contributed by atoms with Gasteiger partial charge >= 0.3 is 0 Å². The molecule has 1 atom stereocenters. The Kier molecular flexibility index (Phi) is 2.75. The number of hydrogen-bond acceptors (Lipinski definition) is 3. The quantitative estimate of drug-likeness (QED) is 0.742. The van der Waals surface area contributed by atoms with Crippen molar-refractivity contribution in [2.45, 2.75) is 31.6 Å². The second-order valence-electron chi connectivity index (χ2n) is 4.05. The van der Waals surface area contributed by atoms with E-state index in [1.165, 1.54) is 0 Å². The summed E-state index contributed by atoms with van der Waals surface area (Å²) in [5.41, 5.74) is 1.06. The van der Waals surface area contributed by atoms with Gasteiger partial charge in [-0.1, -0.05) is 0 Å². The summed E-state index contributed by atoms with van der Waals surface area (Å²) >= 11 is 0. The predicted molar refractivity (Wildman–Crippen MR) is 56.0 cm³/mol. The van der Waals surface area contributed by atoms with Crippen molar-refractivity contribution in [3.63, 3.8) is 0 Å². The molecule has 1 unspecified atom stereocenters. The van der Waals surface area contributed by atoms with Crippen molar-refractivity contribution >= 4 is 5.78 Å². The number of nitrogens with zero attached hydrogens (tertiary/aromatic N) is 2. The lowest BCUT2D eigenvalue weighted by Crippen LogP contribution is -2.16. The Morgan fingerprint density at radius 3 is 3.07 bits per heavy atom. The highest BCUT2D eigenvalue weighted by Crippen LogP contribution is 2.35. The first kappa shape index (κ1) is 10.2. The summed E-state index contributed by atoms with van der Waals surface area (Å²) in [6.07, 6.45) is 5.13. The summed E-state index contributed by atoms with van der Waals surface area (Å²) in [7, 11) is 3.54. The highest BCUT2D eigenvalue weighted by molar-refractivity contribution is 5.80. The molecule has 0 N–H and O–H groups in total. The fraction of sp³-hybridized carbons (Fsp3) is 0.636. The summed E-state index contributed by atoms with van der Waals surface area (Å²) < 4.78 is 7.08. The Balaban J connectivity index is 2.27. The van der Waals surface area contributed by atoms with Crippen molar-refractivity contribution in [3.05, 3.63) is 11.9 Å². The molecule has 82 valence electrons. The van der Waals surface area contributed by atoms with Crippen LogP contribution in [0.1, 0.15) is 37.3 Å². The molecule has 0 amide bonds. The van der Waals surface area contributed by atoms with Crippen molar-refractivity contribution in [2.75, 3.05) is 7.11 Å². The average molecular weight is 208 g/mol. The van der Waals surface area contributed by atoms with E-state index >= 15 is 0 Å². The zero-order chi connectivity index (χ0) is 10.8. The normalized spacial score (nSPS) is 21.7. The number of aromatic nitrogens is 2. The third-order valence-corrected chi connectivity index (χ3v) is 3.04. The van der Waals surface area contributed by atoms with Gasteiger partial charge in [-0.2, -0.15) is 5.10 Å². The molecule has 0 bridgehead atoms. The molecular weight excluding hydrogens is 192 g/mol. The summed E-state index contributed by atoms with van der Waals surface area (Å²) in [6.45, 7) is 0. The van der Waals surface area contributed by atoms with Crippen LogP contribution in [0.2, 0.25) is 0 Å². The molecule has 2 rings (SSSR count). The van der Waals surface area contributed by atoms with E-state index in [1.807, 2.05) is 11.7 Å². The minimum atomic E-state index is 0.286. The largest absolute Gasteiger partial charge is 0.493 e. The third-order valence-electron chi connectivity index (χ3n) is 3.04. The fourth-order valence-electron chi connectivity index (χ4n) is 2.31. The van der Waals surface area contributed by atoms with Gasteiger partial charge in [-0.05, 0) is 12.8 Å². The van der Waals surface area contributed by atoms with Crippen LogP contribution in [0.3, 0.4) is 0 Å². The van der Waals surface area contributed by atoms with Crippen LogP contribution in [0, 0.1) is 0 Å². The number of Topliss-reactive ketones (excluding diaryl/α,β-unsaturated/α-hetero) is 1. The van der Waals surface area contributed by atoms with Gasteiger partial charge in [0.2, 0.25) is 0 Å². The third kappa shape index (κ3) is 1.89. The van der Waals surface area contributed by atoms with Gasteiger partial charge in [0, 0.05) is 25.8 Å². The number of rotatable bonds is 2. The lowest BCUT2D eigenvalue weighted by molar-refractivity contribution is -0.120. The predicted octanol–water partition coefficient (Wildman–Crippen LogP) is 1.66. The van der Waals surface area contributed by atoms with Crippen molar-refractivity contribution in [1.82, 2.24) is 9.78 Å². The minimum absolute atomic E-state index is 0.286. The number of carbonyl (C=O) groups excluding carboxylic acids is 1. The Bertz CT molecular complexity index is 371. The van der Waals surface area contributed by atoms with E-state index in [4.69, 9.17) is 4.74 Å². The molecule has 1 heterocycles. The molecule has 1 aromatic rings. The zero-order valence-corrected chi connectivity index (χ0v) is 9.19. The number of aryl methyl sites for hydroxylation is 1. The number of ketones is 1. The molecule has 0 aliphatic heterocycles. The van der Waals surface area contributed by atoms with Crippen molar-refractivity contribution in [3.8, 4) is 5.75 Å². The van der Waals surface area contributed by atoms with E-state index in [2.05, 4.69) is 5.10 Å². The van der Waals surface area contributed by atoms with Gasteiger partial charge in [-0.25, -0.2) is 0 Å². The molecular formula is C11H16N2O2. The van der Waals surface area contributed by atoms with E-state index in [0.717, 1.165) is 30.7 Å². The maximum absolute atomic E-state index is 11.4. The van der Waals surface area contributed by atoms with Crippen molar-refractivity contribution in [2.24, 2.45) is 7.05 Å². The molecule has 1 aromatic heterocycles. The molecule has 0 saturated heterocycles. The van der Waals surface area contributed by atoms with Crippen LogP contribution in [0.5, 0.6) is 5.75 Å². The highest BCUT2D eigenvalue weighted by Gasteiger charge is 2.26. The van der Waals surface area contributed by atoms with Gasteiger partial charge in [0.15, 0.2) is 5.75 Å². The monoisotopic (exact) mass is 208 g/mol. The van der Waals surface area contributed by atoms with E-state index in [1.54, 1.807) is 13.3 Å². The van der Waals surface area contributed by atoms with Crippen LogP contribution < -0.4 is 4.74 Å². The lowest BCUT2D eigenvalue weighted by atomic mass is 9.86.